The summed E-state index contributed by atoms with van der Waals surface area (Å²) in [5.74, 6) is 0. The van der Waals surface area contributed by atoms with Gasteiger partial charge in [0.05, 0.1) is 79.3 Å². The highest BCUT2D eigenvalue weighted by molar-refractivity contribution is 5.67. The largest absolute Gasteiger partial charge is 0.444 e. The zero-order valence-corrected chi connectivity index (χ0v) is 19.0. The summed E-state index contributed by atoms with van der Waals surface area (Å²) in [5, 5.41) is 0. The van der Waals surface area contributed by atoms with Gasteiger partial charge in [-0.15, -0.1) is 0 Å². The van der Waals surface area contributed by atoms with Gasteiger partial charge in [-0.1, -0.05) is 0 Å². The van der Waals surface area contributed by atoms with Crippen LogP contribution in [-0.2, 0) is 33.2 Å². The number of amides is 1. The maximum atomic E-state index is 11.8. The number of likely N-dealkylation sites (N-methyl/N-ethyl adjacent to an activating group) is 1. The Morgan fingerprint density at radius 2 is 1.00 bits per heavy atom. The molecule has 0 saturated carbocycles. The molecule has 0 radical (unpaired) electrons. The van der Waals surface area contributed by atoms with Crippen molar-refractivity contribution < 1.29 is 42.3 Å². The molecular weight excluding hydrogens is 401 g/mol. The summed E-state index contributed by atoms with van der Waals surface area (Å²) in [6.45, 7) is 10.6. The second-order valence-electron chi connectivity index (χ2n) is 7.27. The molecule has 0 bridgehead atoms. The summed E-state index contributed by atoms with van der Waals surface area (Å²) in [5.41, 5.74) is -0.504. The van der Waals surface area contributed by atoms with Gasteiger partial charge in [-0.2, -0.15) is 0 Å². The van der Waals surface area contributed by atoms with E-state index in [9.17, 15) is 9.18 Å². The third-order valence-corrected chi connectivity index (χ3v) is 3.36. The predicted octanol–water partition coefficient (Wildman–Crippen LogP) is 1.92. The van der Waals surface area contributed by atoms with Crippen LogP contribution in [0.5, 0.6) is 0 Å². The molecule has 0 unspecified atom stereocenters. The summed E-state index contributed by atoms with van der Waals surface area (Å²) < 4.78 is 48.8. The first-order valence-corrected chi connectivity index (χ1v) is 10.3. The van der Waals surface area contributed by atoms with Gasteiger partial charge in [-0.25, -0.2) is 9.18 Å². The van der Waals surface area contributed by atoms with E-state index in [1.165, 1.54) is 4.90 Å². The normalized spacial score (nSPS) is 11.6. The molecule has 0 aromatic heterocycles. The summed E-state index contributed by atoms with van der Waals surface area (Å²) in [6, 6.07) is 0. The number of hydrogen-bond acceptors (Lipinski definition) is 8. The molecule has 30 heavy (non-hydrogen) atoms. The zero-order chi connectivity index (χ0) is 22.5. The number of carbonyl (C=O) groups is 1. The molecule has 0 aromatic rings. The highest BCUT2D eigenvalue weighted by Crippen LogP contribution is 2.08. The minimum absolute atomic E-state index is 0.112. The van der Waals surface area contributed by atoms with Crippen molar-refractivity contribution in [2.45, 2.75) is 26.4 Å². The molecule has 0 atom stereocenters. The van der Waals surface area contributed by atoms with Crippen LogP contribution in [0.1, 0.15) is 20.8 Å². The molecule has 9 nitrogen and oxygen atoms in total. The van der Waals surface area contributed by atoms with Crippen LogP contribution in [-0.4, -0.2) is 116 Å². The molecule has 10 heteroatoms. The van der Waals surface area contributed by atoms with Crippen molar-refractivity contribution in [3.63, 3.8) is 0 Å². The van der Waals surface area contributed by atoms with E-state index in [1.54, 1.807) is 7.05 Å². The van der Waals surface area contributed by atoms with Gasteiger partial charge in [0.25, 0.3) is 0 Å². The SMILES string of the molecule is CN(CCOCCOCCOCCOCCOCCOCCF)C(=O)OC(C)(C)C. The zero-order valence-electron chi connectivity index (χ0n) is 19.0. The van der Waals surface area contributed by atoms with E-state index in [-0.39, 0.29) is 12.7 Å². The summed E-state index contributed by atoms with van der Waals surface area (Å²) in [6.07, 6.45) is -0.365. The lowest BCUT2D eigenvalue weighted by Crippen LogP contribution is -2.36. The second kappa shape index (κ2) is 19.9. The van der Waals surface area contributed by atoms with Crippen LogP contribution in [0.2, 0.25) is 0 Å². The molecule has 0 rings (SSSR count). The maximum Gasteiger partial charge on any atom is 0.410 e. The number of rotatable bonds is 20. The Bertz CT molecular complexity index is 395. The van der Waals surface area contributed by atoms with Crippen molar-refractivity contribution in [3.8, 4) is 0 Å². The van der Waals surface area contributed by atoms with Crippen LogP contribution in [0, 0.1) is 0 Å². The Morgan fingerprint density at radius 3 is 1.33 bits per heavy atom. The van der Waals surface area contributed by atoms with Crippen LogP contribution in [0.4, 0.5) is 9.18 Å². The first-order valence-electron chi connectivity index (χ1n) is 10.3. The Labute approximate surface area is 180 Å². The van der Waals surface area contributed by atoms with Gasteiger partial charge < -0.3 is 38.1 Å². The van der Waals surface area contributed by atoms with Crippen LogP contribution in [0.3, 0.4) is 0 Å². The molecule has 0 spiro atoms. The molecule has 0 aliphatic carbocycles. The molecule has 180 valence electrons. The molecule has 0 N–H and O–H groups in total. The number of hydrogen-bond donors (Lipinski definition) is 0. The third-order valence-electron chi connectivity index (χ3n) is 3.36. The van der Waals surface area contributed by atoms with Gasteiger partial charge >= 0.3 is 6.09 Å². The lowest BCUT2D eigenvalue weighted by Gasteiger charge is -2.24. The molecule has 0 heterocycles. The first kappa shape index (κ1) is 29.0. The molecule has 0 fully saturated rings. The van der Waals surface area contributed by atoms with Crippen molar-refractivity contribution >= 4 is 6.09 Å². The van der Waals surface area contributed by atoms with Crippen LogP contribution >= 0.6 is 0 Å². The van der Waals surface area contributed by atoms with E-state index in [2.05, 4.69) is 0 Å². The van der Waals surface area contributed by atoms with Gasteiger partial charge in [0, 0.05) is 13.6 Å². The highest BCUT2D eigenvalue weighted by Gasteiger charge is 2.19. The fourth-order valence-corrected chi connectivity index (χ4v) is 1.89. The molecule has 0 saturated heterocycles. The van der Waals surface area contributed by atoms with Crippen molar-refractivity contribution in [2.24, 2.45) is 0 Å². The van der Waals surface area contributed by atoms with Gasteiger partial charge in [0.15, 0.2) is 0 Å². The average Bonchev–Trinajstić information content (AvgIpc) is 2.68. The highest BCUT2D eigenvalue weighted by atomic mass is 19.1. The molecular formula is C20H40FNO8. The van der Waals surface area contributed by atoms with Crippen molar-refractivity contribution in [2.75, 3.05) is 99.5 Å². The van der Waals surface area contributed by atoms with Crippen molar-refractivity contribution in [1.82, 2.24) is 4.90 Å². The topological polar surface area (TPSA) is 84.9 Å². The van der Waals surface area contributed by atoms with Gasteiger partial charge in [0.1, 0.15) is 12.3 Å². The van der Waals surface area contributed by atoms with Gasteiger partial charge in [0.2, 0.25) is 0 Å². The fraction of sp³-hybridized carbons (Fsp3) is 0.950. The third kappa shape index (κ3) is 21.7. The molecule has 1 amide bonds. The predicted molar refractivity (Wildman–Crippen MR) is 110 cm³/mol. The van der Waals surface area contributed by atoms with Crippen molar-refractivity contribution in [3.05, 3.63) is 0 Å². The Kier molecular flexibility index (Phi) is 19.2. The van der Waals surface area contributed by atoms with E-state index in [4.69, 9.17) is 33.2 Å². The lowest BCUT2D eigenvalue weighted by atomic mass is 10.2. The van der Waals surface area contributed by atoms with E-state index in [0.29, 0.717) is 79.2 Å². The van der Waals surface area contributed by atoms with E-state index < -0.39 is 12.3 Å². The number of nitrogens with zero attached hydrogens (tertiary/aromatic N) is 1. The van der Waals surface area contributed by atoms with Crippen LogP contribution in [0.15, 0.2) is 0 Å². The van der Waals surface area contributed by atoms with Crippen LogP contribution in [0.25, 0.3) is 0 Å². The number of carbonyl (C=O) groups excluding carboxylic acids is 1. The molecule has 0 aliphatic rings. The standard InChI is InChI=1S/C20H40FNO8/c1-20(2,3)30-19(23)22(4)6-8-25-10-12-27-14-16-29-18-17-28-15-13-26-11-9-24-7-5-21/h5-18H2,1-4H3. The second-order valence-corrected chi connectivity index (χ2v) is 7.27. The minimum atomic E-state index is -0.504. The average molecular weight is 442 g/mol. The van der Waals surface area contributed by atoms with E-state index >= 15 is 0 Å². The molecule has 0 aliphatic heterocycles. The first-order chi connectivity index (χ1) is 14.4. The lowest BCUT2D eigenvalue weighted by molar-refractivity contribution is -0.0182. The summed E-state index contributed by atoms with van der Waals surface area (Å²) in [4.78, 5) is 13.2. The summed E-state index contributed by atoms with van der Waals surface area (Å²) in [7, 11) is 1.67. The fourth-order valence-electron chi connectivity index (χ4n) is 1.89. The maximum absolute atomic E-state index is 11.8. The Morgan fingerprint density at radius 1 is 0.667 bits per heavy atom. The quantitative estimate of drug-likeness (QED) is 0.265. The van der Waals surface area contributed by atoms with Gasteiger partial charge in [-0.3, -0.25) is 0 Å². The number of ether oxygens (including phenoxy) is 7. The van der Waals surface area contributed by atoms with Crippen molar-refractivity contribution in [1.29, 1.82) is 0 Å². The Balaban J connectivity index is 3.22. The Hall–Kier alpha value is -1.04. The van der Waals surface area contributed by atoms with E-state index in [0.717, 1.165) is 0 Å². The molecule has 0 aromatic carbocycles. The number of halogens is 1. The van der Waals surface area contributed by atoms with Gasteiger partial charge in [-0.05, 0) is 20.8 Å². The smallest absolute Gasteiger partial charge is 0.410 e. The van der Waals surface area contributed by atoms with E-state index in [1.807, 2.05) is 20.8 Å². The number of alkyl halides is 1. The summed E-state index contributed by atoms with van der Waals surface area (Å²) >= 11 is 0. The minimum Gasteiger partial charge on any atom is -0.444 e. The monoisotopic (exact) mass is 441 g/mol. The van der Waals surface area contributed by atoms with Crippen LogP contribution < -0.4 is 0 Å².